The zero-order valence-electron chi connectivity index (χ0n) is 15.0. The predicted octanol–water partition coefficient (Wildman–Crippen LogP) is 5.44. The van der Waals surface area contributed by atoms with Crippen LogP contribution in [0.4, 0.5) is 5.00 Å². The summed E-state index contributed by atoms with van der Waals surface area (Å²) in [5.41, 5.74) is 9.61. The SMILES string of the molecule is Nc1sc(-c2ccc(Cl)cc2)c(-c2ccc(Cl)cc2)c1C(=O)N1CCOCC1. The van der Waals surface area contributed by atoms with Crippen molar-refractivity contribution in [2.75, 3.05) is 32.0 Å². The summed E-state index contributed by atoms with van der Waals surface area (Å²) < 4.78 is 5.38. The van der Waals surface area contributed by atoms with Crippen LogP contribution in [0, 0.1) is 0 Å². The molecule has 0 atom stereocenters. The normalized spacial score (nSPS) is 14.3. The van der Waals surface area contributed by atoms with Gasteiger partial charge < -0.3 is 15.4 Å². The number of ether oxygens (including phenoxy) is 1. The fraction of sp³-hybridized carbons (Fsp3) is 0.190. The molecule has 0 spiro atoms. The van der Waals surface area contributed by atoms with Gasteiger partial charge in [-0.15, -0.1) is 11.3 Å². The first-order chi connectivity index (χ1) is 13.5. The molecule has 28 heavy (non-hydrogen) atoms. The number of benzene rings is 2. The summed E-state index contributed by atoms with van der Waals surface area (Å²) in [7, 11) is 0. The second-order valence-corrected chi connectivity index (χ2v) is 8.39. The fourth-order valence-corrected chi connectivity index (χ4v) is 4.62. The molecule has 0 radical (unpaired) electrons. The molecule has 1 aliphatic heterocycles. The van der Waals surface area contributed by atoms with Crippen molar-refractivity contribution in [1.82, 2.24) is 4.90 Å². The second-order valence-electron chi connectivity index (χ2n) is 6.46. The maximum absolute atomic E-state index is 13.3. The molecule has 3 aromatic rings. The summed E-state index contributed by atoms with van der Waals surface area (Å²) in [4.78, 5) is 16.1. The maximum atomic E-state index is 13.3. The molecule has 144 valence electrons. The first kappa shape index (κ1) is 19.3. The van der Waals surface area contributed by atoms with E-state index in [1.54, 1.807) is 4.90 Å². The molecule has 1 saturated heterocycles. The zero-order chi connectivity index (χ0) is 19.7. The van der Waals surface area contributed by atoms with Crippen molar-refractivity contribution in [3.63, 3.8) is 0 Å². The molecule has 0 saturated carbocycles. The summed E-state index contributed by atoms with van der Waals surface area (Å²) in [6.07, 6.45) is 0. The largest absolute Gasteiger partial charge is 0.390 e. The molecule has 4 nitrogen and oxygen atoms in total. The van der Waals surface area contributed by atoms with Crippen molar-refractivity contribution in [2.24, 2.45) is 0 Å². The Morgan fingerprint density at radius 2 is 1.46 bits per heavy atom. The number of hydrogen-bond acceptors (Lipinski definition) is 4. The lowest BCUT2D eigenvalue weighted by atomic mass is 9.97. The van der Waals surface area contributed by atoms with Gasteiger partial charge in [0.05, 0.1) is 23.8 Å². The number of hydrogen-bond donors (Lipinski definition) is 1. The molecule has 1 aromatic heterocycles. The van der Waals surface area contributed by atoms with Crippen molar-refractivity contribution in [1.29, 1.82) is 0 Å². The van der Waals surface area contributed by atoms with Crippen LogP contribution >= 0.6 is 34.5 Å². The van der Waals surface area contributed by atoms with Gasteiger partial charge in [0.2, 0.25) is 0 Å². The van der Waals surface area contributed by atoms with E-state index in [1.165, 1.54) is 11.3 Å². The Kier molecular flexibility index (Phi) is 5.60. The number of thiophene rings is 1. The Bertz CT molecular complexity index is 994. The summed E-state index contributed by atoms with van der Waals surface area (Å²) in [6, 6.07) is 15.0. The topological polar surface area (TPSA) is 55.6 Å². The van der Waals surface area contributed by atoms with Gasteiger partial charge in [0.1, 0.15) is 0 Å². The summed E-state index contributed by atoms with van der Waals surface area (Å²) in [6.45, 7) is 2.20. The van der Waals surface area contributed by atoms with Gasteiger partial charge in [0.25, 0.3) is 5.91 Å². The molecule has 2 aromatic carbocycles. The van der Waals surface area contributed by atoms with Gasteiger partial charge in [0, 0.05) is 33.6 Å². The van der Waals surface area contributed by atoms with Crippen LogP contribution in [-0.2, 0) is 4.74 Å². The van der Waals surface area contributed by atoms with Gasteiger partial charge in [-0.3, -0.25) is 4.79 Å². The monoisotopic (exact) mass is 432 g/mol. The average molecular weight is 433 g/mol. The van der Waals surface area contributed by atoms with Crippen molar-refractivity contribution < 1.29 is 9.53 Å². The van der Waals surface area contributed by atoms with Crippen LogP contribution in [0.1, 0.15) is 10.4 Å². The van der Waals surface area contributed by atoms with E-state index in [0.29, 0.717) is 46.9 Å². The molecule has 2 N–H and O–H groups in total. The minimum Gasteiger partial charge on any atom is -0.390 e. The number of nitrogens with zero attached hydrogens (tertiary/aromatic N) is 1. The zero-order valence-corrected chi connectivity index (χ0v) is 17.3. The Labute approximate surface area is 177 Å². The highest BCUT2D eigenvalue weighted by Gasteiger charge is 2.28. The van der Waals surface area contributed by atoms with E-state index in [4.69, 9.17) is 33.7 Å². The summed E-state index contributed by atoms with van der Waals surface area (Å²) in [5.74, 6) is -0.0674. The average Bonchev–Trinajstić information content (AvgIpc) is 3.06. The predicted molar refractivity (Wildman–Crippen MR) is 116 cm³/mol. The molecular formula is C21H18Cl2N2O2S. The highest BCUT2D eigenvalue weighted by Crippen LogP contribution is 2.45. The van der Waals surface area contributed by atoms with Crippen LogP contribution < -0.4 is 5.73 Å². The summed E-state index contributed by atoms with van der Waals surface area (Å²) in [5, 5.41) is 1.80. The van der Waals surface area contributed by atoms with Crippen LogP contribution in [0.3, 0.4) is 0 Å². The number of carbonyl (C=O) groups excluding carboxylic acids is 1. The highest BCUT2D eigenvalue weighted by atomic mass is 35.5. The van der Waals surface area contributed by atoms with Crippen LogP contribution in [0.15, 0.2) is 48.5 Å². The number of rotatable bonds is 3. The van der Waals surface area contributed by atoms with E-state index in [1.807, 2.05) is 48.5 Å². The Balaban J connectivity index is 1.88. The van der Waals surface area contributed by atoms with E-state index in [-0.39, 0.29) is 5.91 Å². The van der Waals surface area contributed by atoms with Crippen molar-refractivity contribution in [2.45, 2.75) is 0 Å². The molecule has 1 aliphatic rings. The van der Waals surface area contributed by atoms with Crippen LogP contribution in [-0.4, -0.2) is 37.1 Å². The lowest BCUT2D eigenvalue weighted by Crippen LogP contribution is -2.40. The number of nitrogen functional groups attached to an aromatic ring is 1. The van der Waals surface area contributed by atoms with Gasteiger partial charge in [0.15, 0.2) is 0 Å². The summed E-state index contributed by atoms with van der Waals surface area (Å²) >= 11 is 13.5. The van der Waals surface area contributed by atoms with E-state index >= 15 is 0 Å². The van der Waals surface area contributed by atoms with Gasteiger partial charge in [-0.2, -0.15) is 0 Å². The molecule has 1 fully saturated rings. The number of anilines is 1. The van der Waals surface area contributed by atoms with Crippen LogP contribution in [0.25, 0.3) is 21.6 Å². The fourth-order valence-electron chi connectivity index (χ4n) is 3.28. The molecule has 0 unspecified atom stereocenters. The number of amides is 1. The number of carbonyl (C=O) groups is 1. The van der Waals surface area contributed by atoms with Crippen molar-refractivity contribution in [3.8, 4) is 21.6 Å². The number of morpholine rings is 1. The van der Waals surface area contributed by atoms with Crippen molar-refractivity contribution >= 4 is 45.4 Å². The molecular weight excluding hydrogens is 415 g/mol. The number of nitrogens with two attached hydrogens (primary N) is 1. The van der Waals surface area contributed by atoms with Crippen LogP contribution in [0.2, 0.25) is 10.0 Å². The third kappa shape index (κ3) is 3.76. The van der Waals surface area contributed by atoms with Gasteiger partial charge in [-0.25, -0.2) is 0 Å². The number of halogens is 2. The first-order valence-corrected chi connectivity index (χ1v) is 10.4. The Morgan fingerprint density at radius 1 is 0.929 bits per heavy atom. The van der Waals surface area contributed by atoms with E-state index < -0.39 is 0 Å². The lowest BCUT2D eigenvalue weighted by molar-refractivity contribution is 0.0304. The molecule has 7 heteroatoms. The standard InChI is InChI=1S/C21H18Cl2N2O2S/c22-15-5-1-13(2-6-15)17-18(21(26)25-9-11-27-12-10-25)20(24)28-19(17)14-3-7-16(23)8-4-14/h1-8H,9-12,24H2. The molecule has 1 amide bonds. The third-order valence-corrected chi connectivity index (χ3v) is 6.26. The molecule has 4 rings (SSSR count). The first-order valence-electron chi connectivity index (χ1n) is 8.86. The minimum absolute atomic E-state index is 0.0674. The second kappa shape index (κ2) is 8.13. The van der Waals surface area contributed by atoms with Crippen molar-refractivity contribution in [3.05, 3.63) is 64.1 Å². The Hall–Kier alpha value is -2.05. The van der Waals surface area contributed by atoms with E-state index in [9.17, 15) is 4.79 Å². The molecule has 0 bridgehead atoms. The molecule has 0 aliphatic carbocycles. The van der Waals surface area contributed by atoms with Gasteiger partial charge in [-0.05, 0) is 35.4 Å². The minimum atomic E-state index is -0.0674. The maximum Gasteiger partial charge on any atom is 0.257 e. The quantitative estimate of drug-likeness (QED) is 0.598. The van der Waals surface area contributed by atoms with Crippen LogP contribution in [0.5, 0.6) is 0 Å². The lowest BCUT2D eigenvalue weighted by Gasteiger charge is -2.27. The molecule has 2 heterocycles. The van der Waals surface area contributed by atoms with E-state index in [0.717, 1.165) is 21.6 Å². The smallest absolute Gasteiger partial charge is 0.257 e. The third-order valence-electron chi connectivity index (χ3n) is 4.69. The van der Waals surface area contributed by atoms with Gasteiger partial charge >= 0.3 is 0 Å². The Morgan fingerprint density at radius 3 is 2.04 bits per heavy atom. The highest BCUT2D eigenvalue weighted by molar-refractivity contribution is 7.20. The van der Waals surface area contributed by atoms with E-state index in [2.05, 4.69) is 0 Å². The van der Waals surface area contributed by atoms with Gasteiger partial charge in [-0.1, -0.05) is 47.5 Å².